The summed E-state index contributed by atoms with van der Waals surface area (Å²) >= 11 is 0. The number of imidazole rings is 1. The van der Waals surface area contributed by atoms with Gasteiger partial charge in [0.1, 0.15) is 24.1 Å². The lowest BCUT2D eigenvalue weighted by Gasteiger charge is -2.40. The van der Waals surface area contributed by atoms with Crippen LogP contribution < -0.4 is 9.64 Å². The maximum Gasteiger partial charge on any atom is 0.335 e. The molecule has 0 spiro atoms. The first-order chi connectivity index (χ1) is 20.7. The number of hydrogen-bond donors (Lipinski definition) is 1. The summed E-state index contributed by atoms with van der Waals surface area (Å²) in [5.74, 6) is 0.447. The Bertz CT molecular complexity index is 1670. The number of ether oxygens (including phenoxy) is 2. The number of halogens is 1. The van der Waals surface area contributed by atoms with E-state index in [1.165, 1.54) is 13.0 Å². The average molecular weight is 588 g/mol. The smallest absolute Gasteiger partial charge is 0.335 e. The molecule has 0 saturated carbocycles. The zero-order chi connectivity index (χ0) is 30.1. The standard InChI is InChI=1S/C32H34FN5O5/c1-20-16-37(29-4-3-5-31(35-29)43-19-24-7-6-22(21(2)39)14-26(24)33)12-11-36(20)18-30-34-27-9-8-23(32(40)41)15-28(27)38(30)17-25-10-13-42-25/h3-9,14-15,20,25H,10-13,16-19H2,1-2H3,(H,40,41). The largest absolute Gasteiger partial charge is 0.478 e. The van der Waals surface area contributed by atoms with Crippen LogP contribution in [0.1, 0.15) is 52.4 Å². The number of pyridine rings is 1. The van der Waals surface area contributed by atoms with E-state index >= 15 is 0 Å². The maximum atomic E-state index is 14.4. The molecule has 2 aliphatic heterocycles. The van der Waals surface area contributed by atoms with Gasteiger partial charge in [0.2, 0.25) is 5.88 Å². The number of hydrogen-bond acceptors (Lipinski definition) is 8. The van der Waals surface area contributed by atoms with Crippen molar-refractivity contribution in [3.05, 3.63) is 82.9 Å². The maximum absolute atomic E-state index is 14.4. The molecule has 2 unspecified atom stereocenters. The second-order valence-electron chi connectivity index (χ2n) is 11.2. The molecule has 2 aliphatic rings. The van der Waals surface area contributed by atoms with Gasteiger partial charge in [-0.2, -0.15) is 4.98 Å². The fourth-order valence-electron chi connectivity index (χ4n) is 5.58. The van der Waals surface area contributed by atoms with Gasteiger partial charge < -0.3 is 24.0 Å². The Labute approximate surface area is 248 Å². The van der Waals surface area contributed by atoms with Crippen LogP contribution >= 0.6 is 0 Å². The summed E-state index contributed by atoms with van der Waals surface area (Å²) in [4.78, 5) is 37.3. The van der Waals surface area contributed by atoms with E-state index in [1.54, 1.807) is 36.4 Å². The second-order valence-corrected chi connectivity index (χ2v) is 11.2. The van der Waals surface area contributed by atoms with Crippen molar-refractivity contribution in [3.8, 4) is 5.88 Å². The van der Waals surface area contributed by atoms with Crippen LogP contribution in [0.5, 0.6) is 5.88 Å². The Hall–Kier alpha value is -4.35. The van der Waals surface area contributed by atoms with E-state index in [0.717, 1.165) is 55.3 Å². The van der Waals surface area contributed by atoms with Gasteiger partial charge in [-0.3, -0.25) is 9.69 Å². The quantitative estimate of drug-likeness (QED) is 0.267. The third-order valence-electron chi connectivity index (χ3n) is 8.23. The number of aromatic nitrogens is 3. The minimum Gasteiger partial charge on any atom is -0.478 e. The summed E-state index contributed by atoms with van der Waals surface area (Å²) in [5.41, 5.74) is 2.51. The molecule has 43 heavy (non-hydrogen) atoms. The molecule has 0 radical (unpaired) electrons. The molecule has 0 amide bonds. The van der Waals surface area contributed by atoms with Crippen molar-refractivity contribution in [1.29, 1.82) is 0 Å². The summed E-state index contributed by atoms with van der Waals surface area (Å²) in [5, 5.41) is 9.53. The van der Waals surface area contributed by atoms with Crippen LogP contribution in [0.3, 0.4) is 0 Å². The van der Waals surface area contributed by atoms with E-state index in [4.69, 9.17) is 14.5 Å². The Morgan fingerprint density at radius 1 is 1.09 bits per heavy atom. The van der Waals surface area contributed by atoms with Gasteiger partial charge >= 0.3 is 5.97 Å². The lowest BCUT2D eigenvalue weighted by molar-refractivity contribution is -0.0592. The molecule has 2 aromatic carbocycles. The second kappa shape index (κ2) is 12.1. The molecule has 2 aromatic heterocycles. The molecular weight excluding hydrogens is 553 g/mol. The molecule has 6 rings (SSSR count). The minimum atomic E-state index is -0.959. The first-order valence-electron chi connectivity index (χ1n) is 14.5. The Balaban J connectivity index is 1.12. The van der Waals surface area contributed by atoms with Crippen molar-refractivity contribution in [2.75, 3.05) is 31.1 Å². The number of carboxylic acids is 1. The van der Waals surface area contributed by atoms with Crippen molar-refractivity contribution < 1.29 is 28.6 Å². The predicted octanol–water partition coefficient (Wildman–Crippen LogP) is 4.55. The first kappa shape index (κ1) is 28.8. The number of piperazine rings is 1. The Morgan fingerprint density at radius 2 is 1.91 bits per heavy atom. The number of benzene rings is 2. The number of carbonyl (C=O) groups excluding carboxylic acids is 1. The molecule has 4 heterocycles. The Kier molecular flexibility index (Phi) is 8.09. The molecule has 0 aliphatic carbocycles. The number of aromatic carboxylic acids is 1. The van der Waals surface area contributed by atoms with E-state index in [9.17, 15) is 19.1 Å². The fraction of sp³-hybridized carbons (Fsp3) is 0.375. The average Bonchev–Trinajstić information content (AvgIpc) is 3.31. The highest BCUT2D eigenvalue weighted by Crippen LogP contribution is 2.26. The van der Waals surface area contributed by atoms with Gasteiger partial charge in [-0.1, -0.05) is 18.2 Å². The number of fused-ring (bicyclic) bond motifs is 1. The molecule has 2 saturated heterocycles. The molecular formula is C32H34FN5O5. The Morgan fingerprint density at radius 3 is 2.60 bits per heavy atom. The van der Waals surface area contributed by atoms with Gasteiger partial charge in [0.05, 0.1) is 35.8 Å². The van der Waals surface area contributed by atoms with Gasteiger partial charge in [0.15, 0.2) is 5.78 Å². The monoisotopic (exact) mass is 587 g/mol. The van der Waals surface area contributed by atoms with Crippen LogP contribution in [0, 0.1) is 5.82 Å². The summed E-state index contributed by atoms with van der Waals surface area (Å²) in [6.07, 6.45) is 1.08. The highest BCUT2D eigenvalue weighted by molar-refractivity contribution is 5.94. The topological polar surface area (TPSA) is 110 Å². The van der Waals surface area contributed by atoms with Gasteiger partial charge in [-0.05, 0) is 50.6 Å². The highest BCUT2D eigenvalue weighted by Gasteiger charge is 2.28. The summed E-state index contributed by atoms with van der Waals surface area (Å²) in [7, 11) is 0. The van der Waals surface area contributed by atoms with Crippen LogP contribution in [0.25, 0.3) is 11.0 Å². The number of carboxylic acid groups (broad SMARTS) is 1. The van der Waals surface area contributed by atoms with Gasteiger partial charge in [-0.25, -0.2) is 14.2 Å². The lowest BCUT2D eigenvalue weighted by Crippen LogP contribution is -2.52. The molecule has 224 valence electrons. The summed E-state index contributed by atoms with van der Waals surface area (Å²) < 4.78 is 28.1. The van der Waals surface area contributed by atoms with Crippen molar-refractivity contribution in [2.24, 2.45) is 0 Å². The van der Waals surface area contributed by atoms with Crippen LogP contribution in [0.2, 0.25) is 0 Å². The van der Waals surface area contributed by atoms with Crippen molar-refractivity contribution in [3.63, 3.8) is 0 Å². The van der Waals surface area contributed by atoms with Crippen LogP contribution in [0.15, 0.2) is 54.6 Å². The van der Waals surface area contributed by atoms with E-state index in [2.05, 4.69) is 26.3 Å². The van der Waals surface area contributed by atoms with Crippen molar-refractivity contribution in [1.82, 2.24) is 19.4 Å². The molecule has 1 N–H and O–H groups in total. The molecule has 2 atom stereocenters. The minimum absolute atomic E-state index is 0.00546. The van der Waals surface area contributed by atoms with E-state index in [1.807, 2.05) is 12.1 Å². The lowest BCUT2D eigenvalue weighted by atomic mass is 10.1. The van der Waals surface area contributed by atoms with Crippen LogP contribution in [-0.2, 0) is 24.4 Å². The third-order valence-corrected chi connectivity index (χ3v) is 8.23. The number of anilines is 1. The van der Waals surface area contributed by atoms with Crippen LogP contribution in [0.4, 0.5) is 10.2 Å². The third kappa shape index (κ3) is 6.23. The van der Waals surface area contributed by atoms with Gasteiger partial charge in [-0.15, -0.1) is 0 Å². The first-order valence-corrected chi connectivity index (χ1v) is 14.5. The fourth-order valence-corrected chi connectivity index (χ4v) is 5.58. The number of Topliss-reactive ketones (excluding diaryl/α,β-unsaturated/α-hetero) is 1. The van der Waals surface area contributed by atoms with E-state index in [0.29, 0.717) is 30.1 Å². The van der Waals surface area contributed by atoms with Crippen molar-refractivity contribution in [2.45, 2.75) is 52.1 Å². The zero-order valence-corrected chi connectivity index (χ0v) is 24.2. The number of nitrogens with zero attached hydrogens (tertiary/aromatic N) is 5. The SMILES string of the molecule is CC(=O)c1ccc(COc2cccc(N3CCN(Cc4nc5ccc(C(=O)O)cc5n4CC4CCO4)C(C)C3)n2)c(F)c1. The van der Waals surface area contributed by atoms with E-state index < -0.39 is 11.8 Å². The number of rotatable bonds is 10. The molecule has 11 heteroatoms. The molecule has 0 bridgehead atoms. The molecule has 4 aromatic rings. The number of ketones is 1. The summed E-state index contributed by atoms with van der Waals surface area (Å²) in [6.45, 7) is 7.87. The van der Waals surface area contributed by atoms with Gasteiger partial charge in [0.25, 0.3) is 0 Å². The van der Waals surface area contributed by atoms with Crippen LogP contribution in [-0.4, -0.2) is 74.7 Å². The molecule has 10 nitrogen and oxygen atoms in total. The van der Waals surface area contributed by atoms with E-state index in [-0.39, 0.29) is 30.1 Å². The summed E-state index contributed by atoms with van der Waals surface area (Å²) in [6, 6.07) is 15.2. The number of carbonyl (C=O) groups is 2. The highest BCUT2D eigenvalue weighted by atomic mass is 19.1. The zero-order valence-electron chi connectivity index (χ0n) is 24.2. The van der Waals surface area contributed by atoms with Gasteiger partial charge in [0, 0.05) is 49.5 Å². The van der Waals surface area contributed by atoms with Crippen molar-refractivity contribution >= 4 is 28.6 Å². The molecule has 2 fully saturated rings. The predicted molar refractivity (Wildman–Crippen MR) is 158 cm³/mol. The normalized spacial score (nSPS) is 18.9.